The van der Waals surface area contributed by atoms with Crippen molar-refractivity contribution in [1.29, 1.82) is 0 Å². The summed E-state index contributed by atoms with van der Waals surface area (Å²) in [5.74, 6) is 0.435. The molecule has 22 heavy (non-hydrogen) atoms. The van der Waals surface area contributed by atoms with Crippen LogP contribution >= 0.6 is 17.1 Å². The van der Waals surface area contributed by atoms with Gasteiger partial charge < -0.3 is 13.8 Å². The lowest BCUT2D eigenvalue weighted by Gasteiger charge is -2.21. The molecule has 0 atom stereocenters. The van der Waals surface area contributed by atoms with E-state index in [9.17, 15) is 4.79 Å². The average molecular weight is 371 g/mol. The van der Waals surface area contributed by atoms with Crippen molar-refractivity contribution in [3.63, 3.8) is 0 Å². The molecule has 0 rings (SSSR count). The minimum atomic E-state index is -2.32. The van der Waals surface area contributed by atoms with Crippen molar-refractivity contribution < 1.29 is 18.6 Å². The van der Waals surface area contributed by atoms with E-state index in [1.165, 1.54) is 11.4 Å². The van der Waals surface area contributed by atoms with E-state index in [-0.39, 0.29) is 5.97 Å². The van der Waals surface area contributed by atoms with Crippen LogP contribution < -0.4 is 0 Å². The van der Waals surface area contributed by atoms with Gasteiger partial charge in [-0.1, -0.05) is 51.4 Å². The Morgan fingerprint density at radius 1 is 0.955 bits per heavy atom. The number of esters is 1. The fourth-order valence-electron chi connectivity index (χ4n) is 1.40. The Balaban J connectivity index is 4.09. The third-order valence-corrected chi connectivity index (χ3v) is 8.22. The van der Waals surface area contributed by atoms with Gasteiger partial charge in [-0.2, -0.15) is 0 Å². The van der Waals surface area contributed by atoms with Gasteiger partial charge in [0.15, 0.2) is 0 Å². The minimum Gasteiger partial charge on any atom is -0.466 e. The molecular weight excluding hydrogens is 339 g/mol. The van der Waals surface area contributed by atoms with Crippen LogP contribution in [0, 0.1) is 0 Å². The third-order valence-electron chi connectivity index (χ3n) is 2.81. The smallest absolute Gasteiger partial charge is 0.306 e. The SMILES string of the molecule is CCCCOC(=O)CCSP(=S)(OCCCC)OCCCC. The molecule has 4 nitrogen and oxygen atoms in total. The topological polar surface area (TPSA) is 44.8 Å². The molecule has 0 aliphatic carbocycles. The largest absolute Gasteiger partial charge is 0.466 e. The predicted molar refractivity (Wildman–Crippen MR) is 98.9 cm³/mol. The van der Waals surface area contributed by atoms with Gasteiger partial charge in [0.05, 0.1) is 26.2 Å². The van der Waals surface area contributed by atoms with Gasteiger partial charge in [0, 0.05) is 5.75 Å². The quantitative estimate of drug-likeness (QED) is 0.221. The molecule has 0 aromatic heterocycles. The molecule has 0 aromatic carbocycles. The van der Waals surface area contributed by atoms with E-state index in [0.717, 1.165) is 38.5 Å². The lowest BCUT2D eigenvalue weighted by atomic mass is 10.4. The lowest BCUT2D eigenvalue weighted by Crippen LogP contribution is -2.07. The van der Waals surface area contributed by atoms with Gasteiger partial charge in [-0.15, -0.1) is 0 Å². The Morgan fingerprint density at radius 3 is 1.95 bits per heavy atom. The Bertz CT molecular complexity index is 313. The number of hydrogen-bond acceptors (Lipinski definition) is 6. The average Bonchev–Trinajstić information content (AvgIpc) is 2.48. The second-order valence-corrected chi connectivity index (χ2v) is 11.4. The van der Waals surface area contributed by atoms with Crippen molar-refractivity contribution in [3.05, 3.63) is 0 Å². The van der Waals surface area contributed by atoms with Crippen molar-refractivity contribution in [2.24, 2.45) is 0 Å². The summed E-state index contributed by atoms with van der Waals surface area (Å²) in [5.41, 5.74) is -2.32. The van der Waals surface area contributed by atoms with Crippen LogP contribution in [0.25, 0.3) is 0 Å². The number of hydrogen-bond donors (Lipinski definition) is 0. The van der Waals surface area contributed by atoms with Crippen molar-refractivity contribution in [3.8, 4) is 0 Å². The van der Waals surface area contributed by atoms with Crippen molar-refractivity contribution >= 4 is 34.9 Å². The molecule has 0 unspecified atom stereocenters. The van der Waals surface area contributed by atoms with Gasteiger partial charge in [0.25, 0.3) is 0 Å². The first-order chi connectivity index (χ1) is 10.6. The molecule has 0 saturated heterocycles. The number of carbonyl (C=O) groups excluding carboxylic acids is 1. The highest BCUT2D eigenvalue weighted by Crippen LogP contribution is 2.61. The van der Waals surface area contributed by atoms with Crippen LogP contribution in [0.15, 0.2) is 0 Å². The maximum atomic E-state index is 11.6. The second-order valence-electron chi connectivity index (χ2n) is 4.98. The molecule has 0 amide bonds. The Hall–Kier alpha value is 0.390. The summed E-state index contributed by atoms with van der Waals surface area (Å²) >= 11 is 7.04. The van der Waals surface area contributed by atoms with E-state index < -0.39 is 5.69 Å². The zero-order valence-electron chi connectivity index (χ0n) is 14.2. The highest BCUT2D eigenvalue weighted by molar-refractivity contribution is 8.67. The first kappa shape index (κ1) is 22.4. The first-order valence-corrected chi connectivity index (χ1v) is 12.5. The third kappa shape index (κ3) is 12.9. The van der Waals surface area contributed by atoms with E-state index >= 15 is 0 Å². The molecule has 7 heteroatoms. The first-order valence-electron chi connectivity index (χ1n) is 8.27. The maximum Gasteiger partial charge on any atom is 0.306 e. The molecular formula is C15H31O4PS2. The van der Waals surface area contributed by atoms with Crippen molar-refractivity contribution in [1.82, 2.24) is 0 Å². The van der Waals surface area contributed by atoms with Gasteiger partial charge in [-0.25, -0.2) is 0 Å². The molecule has 0 aliphatic rings. The van der Waals surface area contributed by atoms with E-state index in [1.54, 1.807) is 0 Å². The van der Waals surface area contributed by atoms with Gasteiger partial charge >= 0.3 is 5.97 Å². The number of carbonyl (C=O) groups is 1. The molecule has 0 bridgehead atoms. The van der Waals surface area contributed by atoms with Crippen LogP contribution in [-0.2, 0) is 30.4 Å². The highest BCUT2D eigenvalue weighted by Gasteiger charge is 2.20. The summed E-state index contributed by atoms with van der Waals surface area (Å²) in [6.45, 7) is 8.07. The predicted octanol–water partition coefficient (Wildman–Crippen LogP) is 5.31. The van der Waals surface area contributed by atoms with Gasteiger partial charge in [0.1, 0.15) is 0 Å². The van der Waals surface area contributed by atoms with Crippen LogP contribution in [0.4, 0.5) is 0 Å². The summed E-state index contributed by atoms with van der Waals surface area (Å²) < 4.78 is 16.8. The summed E-state index contributed by atoms with van der Waals surface area (Å²) in [4.78, 5) is 11.6. The number of unbranched alkanes of at least 4 members (excludes halogenated alkanes) is 3. The molecule has 132 valence electrons. The lowest BCUT2D eigenvalue weighted by molar-refractivity contribution is -0.143. The van der Waals surface area contributed by atoms with Crippen LogP contribution in [0.5, 0.6) is 0 Å². The highest BCUT2D eigenvalue weighted by atomic mass is 32.9. The summed E-state index contributed by atoms with van der Waals surface area (Å²) in [5, 5.41) is 0. The van der Waals surface area contributed by atoms with Gasteiger partial charge in [-0.3, -0.25) is 4.79 Å². The minimum absolute atomic E-state index is 0.162. The summed E-state index contributed by atoms with van der Waals surface area (Å²) in [6, 6.07) is 0. The molecule has 0 heterocycles. The van der Waals surface area contributed by atoms with E-state index in [0.29, 0.717) is 32.0 Å². The van der Waals surface area contributed by atoms with Crippen LogP contribution in [0.1, 0.15) is 65.7 Å². The number of rotatable bonds is 15. The second kappa shape index (κ2) is 14.9. The standard InChI is InChI=1S/C15H31O4PS2/c1-4-7-11-17-15(16)10-14-22-20(21,18-12-8-5-2)19-13-9-6-3/h4-14H2,1-3H3. The molecule has 0 aliphatic heterocycles. The fourth-order valence-corrected chi connectivity index (χ4v) is 5.76. The van der Waals surface area contributed by atoms with Crippen LogP contribution in [0.2, 0.25) is 0 Å². The van der Waals surface area contributed by atoms with Crippen molar-refractivity contribution in [2.45, 2.75) is 65.7 Å². The Morgan fingerprint density at radius 2 is 1.45 bits per heavy atom. The van der Waals surface area contributed by atoms with E-state index in [1.807, 2.05) is 0 Å². The molecule has 0 radical (unpaired) electrons. The van der Waals surface area contributed by atoms with Crippen LogP contribution in [-0.4, -0.2) is 31.5 Å². The molecule has 0 spiro atoms. The zero-order valence-corrected chi connectivity index (χ0v) is 16.7. The number of ether oxygens (including phenoxy) is 1. The van der Waals surface area contributed by atoms with Gasteiger partial charge in [-0.05, 0) is 31.1 Å². The van der Waals surface area contributed by atoms with E-state index in [4.69, 9.17) is 25.6 Å². The fraction of sp³-hybridized carbons (Fsp3) is 0.933. The van der Waals surface area contributed by atoms with Crippen molar-refractivity contribution in [2.75, 3.05) is 25.6 Å². The van der Waals surface area contributed by atoms with E-state index in [2.05, 4.69) is 20.8 Å². The zero-order chi connectivity index (χ0) is 16.7. The summed E-state index contributed by atoms with van der Waals surface area (Å²) in [6.07, 6.45) is 6.40. The maximum absolute atomic E-state index is 11.6. The van der Waals surface area contributed by atoms with Gasteiger partial charge in [0.2, 0.25) is 5.69 Å². The molecule has 0 aromatic rings. The Kier molecular flexibility index (Phi) is 15.2. The summed E-state index contributed by atoms with van der Waals surface area (Å²) in [7, 11) is 0. The molecule has 0 N–H and O–H groups in total. The molecule has 0 saturated carbocycles. The monoisotopic (exact) mass is 370 g/mol. The normalized spacial score (nSPS) is 11.6. The Labute approximate surface area is 145 Å². The van der Waals surface area contributed by atoms with Crippen LogP contribution in [0.3, 0.4) is 0 Å². The molecule has 0 fully saturated rings.